The molecule has 0 bridgehead atoms. The summed E-state index contributed by atoms with van der Waals surface area (Å²) >= 11 is 0. The van der Waals surface area contributed by atoms with E-state index >= 15 is 0 Å². The van der Waals surface area contributed by atoms with E-state index in [-0.39, 0.29) is 17.4 Å². The van der Waals surface area contributed by atoms with E-state index in [4.69, 9.17) is 4.74 Å². The standard InChI is InChI=1S/C15H22N2O2/c1-15(2,3)10-14(18)17-9-6-13(11-17)19-12-4-7-16-8-5-12/h4-5,7-8,13H,6,9-11H2,1-3H3. The Bertz CT molecular complexity index is 426. The van der Waals surface area contributed by atoms with Crippen LogP contribution < -0.4 is 4.74 Å². The molecule has 1 saturated heterocycles. The van der Waals surface area contributed by atoms with Gasteiger partial charge in [0.05, 0.1) is 6.54 Å². The van der Waals surface area contributed by atoms with Crippen molar-refractivity contribution in [3.63, 3.8) is 0 Å². The maximum absolute atomic E-state index is 12.1. The minimum atomic E-state index is 0.0428. The SMILES string of the molecule is CC(C)(C)CC(=O)N1CCC(Oc2ccncc2)C1. The van der Waals surface area contributed by atoms with Crippen molar-refractivity contribution in [3.05, 3.63) is 24.5 Å². The van der Waals surface area contributed by atoms with Crippen molar-refractivity contribution in [2.75, 3.05) is 13.1 Å². The number of amides is 1. The van der Waals surface area contributed by atoms with Gasteiger partial charge in [-0.1, -0.05) is 20.8 Å². The molecule has 0 aliphatic carbocycles. The molecule has 1 aromatic heterocycles. The normalized spacial score (nSPS) is 19.5. The first-order chi connectivity index (χ1) is 8.94. The number of ether oxygens (including phenoxy) is 1. The molecule has 104 valence electrons. The minimum absolute atomic E-state index is 0.0428. The summed E-state index contributed by atoms with van der Waals surface area (Å²) in [6.07, 6.45) is 5.03. The highest BCUT2D eigenvalue weighted by Crippen LogP contribution is 2.23. The smallest absolute Gasteiger partial charge is 0.223 e. The molecule has 4 heteroatoms. The molecule has 0 radical (unpaired) electrons. The Kier molecular flexibility index (Phi) is 4.08. The predicted octanol–water partition coefficient (Wildman–Crippen LogP) is 2.50. The van der Waals surface area contributed by atoms with Gasteiger partial charge in [0.2, 0.25) is 5.91 Å². The van der Waals surface area contributed by atoms with Gasteiger partial charge in [-0.15, -0.1) is 0 Å². The largest absolute Gasteiger partial charge is 0.488 e. The third kappa shape index (κ3) is 4.23. The minimum Gasteiger partial charge on any atom is -0.488 e. The zero-order chi connectivity index (χ0) is 13.9. The van der Waals surface area contributed by atoms with E-state index in [1.54, 1.807) is 12.4 Å². The molecule has 0 N–H and O–H groups in total. The Morgan fingerprint density at radius 3 is 2.74 bits per heavy atom. The Balaban J connectivity index is 1.85. The third-order valence-corrected chi connectivity index (χ3v) is 3.13. The van der Waals surface area contributed by atoms with Crippen LogP contribution in [0.5, 0.6) is 5.75 Å². The summed E-state index contributed by atoms with van der Waals surface area (Å²) in [5, 5.41) is 0. The topological polar surface area (TPSA) is 42.4 Å². The monoisotopic (exact) mass is 262 g/mol. The van der Waals surface area contributed by atoms with Crippen LogP contribution in [0.3, 0.4) is 0 Å². The molecule has 1 aromatic rings. The Hall–Kier alpha value is -1.58. The molecule has 2 heterocycles. The van der Waals surface area contributed by atoms with Crippen molar-refractivity contribution in [2.24, 2.45) is 5.41 Å². The maximum atomic E-state index is 12.1. The number of hydrogen-bond donors (Lipinski definition) is 0. The second-order valence-electron chi connectivity index (χ2n) is 6.29. The molecule has 1 aliphatic rings. The number of hydrogen-bond acceptors (Lipinski definition) is 3. The van der Waals surface area contributed by atoms with Gasteiger partial charge in [-0.25, -0.2) is 0 Å². The van der Waals surface area contributed by atoms with Crippen LogP contribution in [0.2, 0.25) is 0 Å². The molecule has 1 unspecified atom stereocenters. The van der Waals surface area contributed by atoms with Gasteiger partial charge in [-0.05, 0) is 17.5 Å². The molecule has 0 spiro atoms. The fourth-order valence-electron chi connectivity index (χ4n) is 2.23. The van der Waals surface area contributed by atoms with Gasteiger partial charge in [-0.2, -0.15) is 0 Å². The van der Waals surface area contributed by atoms with Gasteiger partial charge in [0.25, 0.3) is 0 Å². The van der Waals surface area contributed by atoms with Crippen LogP contribution in [0.4, 0.5) is 0 Å². The number of carbonyl (C=O) groups excluding carboxylic acids is 1. The number of aromatic nitrogens is 1. The number of likely N-dealkylation sites (tertiary alicyclic amines) is 1. The zero-order valence-electron chi connectivity index (χ0n) is 11.9. The van der Waals surface area contributed by atoms with E-state index in [0.29, 0.717) is 13.0 Å². The van der Waals surface area contributed by atoms with Gasteiger partial charge in [-0.3, -0.25) is 9.78 Å². The van der Waals surface area contributed by atoms with Crippen LogP contribution in [-0.4, -0.2) is 35.0 Å². The van der Waals surface area contributed by atoms with Gasteiger partial charge in [0, 0.05) is 31.8 Å². The maximum Gasteiger partial charge on any atom is 0.223 e. The van der Waals surface area contributed by atoms with Crippen molar-refractivity contribution >= 4 is 5.91 Å². The molecule has 2 rings (SSSR count). The summed E-state index contributed by atoms with van der Waals surface area (Å²) in [5.41, 5.74) is 0.0428. The molecule has 1 aliphatic heterocycles. The molecule has 1 fully saturated rings. The molecular formula is C15H22N2O2. The summed E-state index contributed by atoms with van der Waals surface area (Å²) in [5.74, 6) is 1.05. The Morgan fingerprint density at radius 1 is 1.42 bits per heavy atom. The highest BCUT2D eigenvalue weighted by atomic mass is 16.5. The Morgan fingerprint density at radius 2 is 2.11 bits per heavy atom. The third-order valence-electron chi connectivity index (χ3n) is 3.13. The van der Waals surface area contributed by atoms with Crippen molar-refractivity contribution in [1.29, 1.82) is 0 Å². The molecule has 1 amide bonds. The van der Waals surface area contributed by atoms with Crippen LogP contribution in [0, 0.1) is 5.41 Å². The number of nitrogens with zero attached hydrogens (tertiary/aromatic N) is 2. The first-order valence-electron chi connectivity index (χ1n) is 6.78. The number of pyridine rings is 1. The van der Waals surface area contributed by atoms with E-state index < -0.39 is 0 Å². The fourth-order valence-corrected chi connectivity index (χ4v) is 2.23. The highest BCUT2D eigenvalue weighted by Gasteiger charge is 2.29. The van der Waals surface area contributed by atoms with Crippen molar-refractivity contribution in [1.82, 2.24) is 9.88 Å². The van der Waals surface area contributed by atoms with Gasteiger partial charge in [0.15, 0.2) is 0 Å². The van der Waals surface area contributed by atoms with Crippen LogP contribution in [-0.2, 0) is 4.79 Å². The highest BCUT2D eigenvalue weighted by molar-refractivity contribution is 5.77. The van der Waals surface area contributed by atoms with Crippen LogP contribution in [0.15, 0.2) is 24.5 Å². The number of rotatable bonds is 3. The molecule has 19 heavy (non-hydrogen) atoms. The van der Waals surface area contributed by atoms with E-state index in [2.05, 4.69) is 25.8 Å². The zero-order valence-corrected chi connectivity index (χ0v) is 11.9. The van der Waals surface area contributed by atoms with E-state index in [1.807, 2.05) is 17.0 Å². The average molecular weight is 262 g/mol. The average Bonchev–Trinajstić information content (AvgIpc) is 2.77. The van der Waals surface area contributed by atoms with Crippen LogP contribution in [0.25, 0.3) is 0 Å². The lowest BCUT2D eigenvalue weighted by molar-refractivity contribution is -0.132. The van der Waals surface area contributed by atoms with Crippen LogP contribution >= 0.6 is 0 Å². The second-order valence-corrected chi connectivity index (χ2v) is 6.29. The molecular weight excluding hydrogens is 240 g/mol. The van der Waals surface area contributed by atoms with E-state index in [9.17, 15) is 4.79 Å². The first-order valence-corrected chi connectivity index (χ1v) is 6.78. The first kappa shape index (κ1) is 13.8. The van der Waals surface area contributed by atoms with Crippen molar-refractivity contribution < 1.29 is 9.53 Å². The summed E-state index contributed by atoms with van der Waals surface area (Å²) in [7, 11) is 0. The molecule has 4 nitrogen and oxygen atoms in total. The van der Waals surface area contributed by atoms with E-state index in [1.165, 1.54) is 0 Å². The fraction of sp³-hybridized carbons (Fsp3) is 0.600. The predicted molar refractivity (Wildman–Crippen MR) is 73.9 cm³/mol. The van der Waals surface area contributed by atoms with Gasteiger partial charge >= 0.3 is 0 Å². The molecule has 1 atom stereocenters. The summed E-state index contributed by atoms with van der Waals surface area (Å²) in [6.45, 7) is 7.76. The van der Waals surface area contributed by atoms with Gasteiger partial charge < -0.3 is 9.64 Å². The lowest BCUT2D eigenvalue weighted by Crippen LogP contribution is -2.33. The number of carbonyl (C=O) groups is 1. The molecule has 0 saturated carbocycles. The van der Waals surface area contributed by atoms with Crippen LogP contribution in [0.1, 0.15) is 33.6 Å². The summed E-state index contributed by atoms with van der Waals surface area (Å²) in [6, 6.07) is 3.69. The lowest BCUT2D eigenvalue weighted by Gasteiger charge is -2.23. The summed E-state index contributed by atoms with van der Waals surface area (Å²) < 4.78 is 5.85. The second kappa shape index (κ2) is 5.59. The lowest BCUT2D eigenvalue weighted by atomic mass is 9.92. The van der Waals surface area contributed by atoms with Gasteiger partial charge in [0.1, 0.15) is 11.9 Å². The van der Waals surface area contributed by atoms with E-state index in [0.717, 1.165) is 18.7 Å². The summed E-state index contributed by atoms with van der Waals surface area (Å²) in [4.78, 5) is 18.0. The quantitative estimate of drug-likeness (QED) is 0.840. The van der Waals surface area contributed by atoms with Crippen molar-refractivity contribution in [3.8, 4) is 5.75 Å². The molecule has 0 aromatic carbocycles. The van der Waals surface area contributed by atoms with Crippen molar-refractivity contribution in [2.45, 2.75) is 39.7 Å². The Labute approximate surface area is 114 Å².